The fourth-order valence-corrected chi connectivity index (χ4v) is 2.21. The highest BCUT2D eigenvalue weighted by atomic mass is 16.5. The number of aromatic nitrogens is 1. The van der Waals surface area contributed by atoms with E-state index in [-0.39, 0.29) is 0 Å². The topological polar surface area (TPSA) is 47.3 Å². The number of oxazole rings is 1. The molecule has 1 unspecified atom stereocenters. The zero-order valence-electron chi connectivity index (χ0n) is 12.4. The Labute approximate surface area is 120 Å². The SMILES string of the molecule is CCCNC(CCOCC)Cc1nc2ccccc2o1. The lowest BCUT2D eigenvalue weighted by atomic mass is 10.1. The summed E-state index contributed by atoms with van der Waals surface area (Å²) in [6, 6.07) is 8.25. The third-order valence-electron chi connectivity index (χ3n) is 3.26. The summed E-state index contributed by atoms with van der Waals surface area (Å²) in [5.74, 6) is 0.802. The van der Waals surface area contributed by atoms with E-state index in [1.807, 2.05) is 31.2 Å². The van der Waals surface area contributed by atoms with Gasteiger partial charge in [-0.15, -0.1) is 0 Å². The van der Waals surface area contributed by atoms with E-state index in [0.29, 0.717) is 6.04 Å². The first-order chi connectivity index (χ1) is 9.83. The number of para-hydroxylation sites is 2. The van der Waals surface area contributed by atoms with E-state index in [2.05, 4.69) is 17.2 Å². The number of ether oxygens (including phenoxy) is 1. The van der Waals surface area contributed by atoms with Gasteiger partial charge in [-0.05, 0) is 38.4 Å². The van der Waals surface area contributed by atoms with Crippen LogP contribution in [0.15, 0.2) is 28.7 Å². The van der Waals surface area contributed by atoms with Crippen LogP contribution in [0.4, 0.5) is 0 Å². The highest BCUT2D eigenvalue weighted by molar-refractivity contribution is 5.72. The van der Waals surface area contributed by atoms with E-state index >= 15 is 0 Å². The van der Waals surface area contributed by atoms with Gasteiger partial charge in [-0.25, -0.2) is 4.98 Å². The first-order valence-electron chi connectivity index (χ1n) is 7.49. The van der Waals surface area contributed by atoms with Crippen molar-refractivity contribution in [3.8, 4) is 0 Å². The molecule has 0 saturated heterocycles. The van der Waals surface area contributed by atoms with Gasteiger partial charge in [-0.3, -0.25) is 0 Å². The van der Waals surface area contributed by atoms with Crippen LogP contribution in [0.1, 0.15) is 32.6 Å². The Morgan fingerprint density at radius 2 is 2.15 bits per heavy atom. The standard InChI is InChI=1S/C16H24N2O2/c1-3-10-17-13(9-11-19-4-2)12-16-18-14-7-5-6-8-15(14)20-16/h5-8,13,17H,3-4,9-12H2,1-2H3. The maximum absolute atomic E-state index is 5.79. The average molecular weight is 276 g/mol. The van der Waals surface area contributed by atoms with Gasteiger partial charge in [-0.2, -0.15) is 0 Å². The lowest BCUT2D eigenvalue weighted by Crippen LogP contribution is -2.33. The smallest absolute Gasteiger partial charge is 0.197 e. The second kappa shape index (κ2) is 8.02. The van der Waals surface area contributed by atoms with Gasteiger partial charge in [0.15, 0.2) is 11.5 Å². The van der Waals surface area contributed by atoms with Gasteiger partial charge in [0.25, 0.3) is 0 Å². The molecule has 110 valence electrons. The van der Waals surface area contributed by atoms with E-state index in [1.165, 1.54) is 0 Å². The van der Waals surface area contributed by atoms with Crippen molar-refractivity contribution < 1.29 is 9.15 Å². The number of fused-ring (bicyclic) bond motifs is 1. The summed E-state index contributed by atoms with van der Waals surface area (Å²) in [6.07, 6.45) is 2.91. The van der Waals surface area contributed by atoms with Crippen LogP contribution < -0.4 is 5.32 Å². The lowest BCUT2D eigenvalue weighted by molar-refractivity contribution is 0.135. The molecule has 4 heteroatoms. The normalized spacial score (nSPS) is 12.9. The van der Waals surface area contributed by atoms with Crippen LogP contribution in [-0.2, 0) is 11.2 Å². The van der Waals surface area contributed by atoms with Crippen molar-refractivity contribution >= 4 is 11.1 Å². The van der Waals surface area contributed by atoms with Crippen molar-refractivity contribution in [3.63, 3.8) is 0 Å². The summed E-state index contributed by atoms with van der Waals surface area (Å²) >= 11 is 0. The van der Waals surface area contributed by atoms with Crippen molar-refractivity contribution in [2.24, 2.45) is 0 Å². The maximum Gasteiger partial charge on any atom is 0.197 e. The van der Waals surface area contributed by atoms with Crippen LogP contribution in [0, 0.1) is 0 Å². The van der Waals surface area contributed by atoms with Crippen molar-refractivity contribution in [3.05, 3.63) is 30.2 Å². The lowest BCUT2D eigenvalue weighted by Gasteiger charge is -2.16. The number of benzene rings is 1. The largest absolute Gasteiger partial charge is 0.441 e. The molecule has 2 rings (SSSR count). The van der Waals surface area contributed by atoms with Gasteiger partial charge in [0.2, 0.25) is 0 Å². The minimum absolute atomic E-state index is 0.356. The van der Waals surface area contributed by atoms with Crippen molar-refractivity contribution in [1.82, 2.24) is 10.3 Å². The molecule has 0 aliphatic carbocycles. The second-order valence-electron chi connectivity index (χ2n) is 4.92. The first kappa shape index (κ1) is 15.0. The van der Waals surface area contributed by atoms with Crippen molar-refractivity contribution in [2.45, 2.75) is 39.2 Å². The highest BCUT2D eigenvalue weighted by Crippen LogP contribution is 2.16. The van der Waals surface area contributed by atoms with Crippen molar-refractivity contribution in [2.75, 3.05) is 19.8 Å². The van der Waals surface area contributed by atoms with Crippen LogP contribution in [0.5, 0.6) is 0 Å². The molecule has 0 amide bonds. The fourth-order valence-electron chi connectivity index (χ4n) is 2.21. The first-order valence-corrected chi connectivity index (χ1v) is 7.49. The molecule has 1 aromatic carbocycles. The molecule has 0 aliphatic heterocycles. The van der Waals surface area contributed by atoms with Crippen LogP contribution in [0.2, 0.25) is 0 Å². The molecule has 0 aliphatic rings. The number of hydrogen-bond donors (Lipinski definition) is 1. The zero-order chi connectivity index (χ0) is 14.2. The summed E-state index contributed by atoms with van der Waals surface area (Å²) in [5.41, 5.74) is 1.79. The van der Waals surface area contributed by atoms with E-state index in [9.17, 15) is 0 Å². The van der Waals surface area contributed by atoms with Crippen LogP contribution in [0.25, 0.3) is 11.1 Å². The Hall–Kier alpha value is -1.39. The molecule has 1 atom stereocenters. The highest BCUT2D eigenvalue weighted by Gasteiger charge is 2.13. The summed E-state index contributed by atoms with van der Waals surface area (Å²) in [6.45, 7) is 6.75. The van der Waals surface area contributed by atoms with E-state index < -0.39 is 0 Å². The molecule has 1 N–H and O–H groups in total. The molecule has 0 spiro atoms. The fraction of sp³-hybridized carbons (Fsp3) is 0.562. The number of nitrogens with zero attached hydrogens (tertiary/aromatic N) is 1. The van der Waals surface area contributed by atoms with Crippen LogP contribution in [0.3, 0.4) is 0 Å². The molecule has 2 aromatic rings. The van der Waals surface area contributed by atoms with E-state index in [4.69, 9.17) is 9.15 Å². The monoisotopic (exact) mass is 276 g/mol. The zero-order valence-corrected chi connectivity index (χ0v) is 12.4. The molecule has 1 heterocycles. The predicted octanol–water partition coefficient (Wildman–Crippen LogP) is 3.17. The van der Waals surface area contributed by atoms with Crippen molar-refractivity contribution in [1.29, 1.82) is 0 Å². The van der Waals surface area contributed by atoms with Gasteiger partial charge in [0, 0.05) is 25.7 Å². The third kappa shape index (κ3) is 4.32. The molecular formula is C16H24N2O2. The van der Waals surface area contributed by atoms with Gasteiger partial charge >= 0.3 is 0 Å². The Morgan fingerprint density at radius 1 is 1.30 bits per heavy atom. The van der Waals surface area contributed by atoms with Gasteiger partial charge in [-0.1, -0.05) is 19.1 Å². The quantitative estimate of drug-likeness (QED) is 0.715. The maximum atomic E-state index is 5.79. The molecule has 4 nitrogen and oxygen atoms in total. The number of nitrogens with one attached hydrogen (secondary N) is 1. The van der Waals surface area contributed by atoms with Gasteiger partial charge in [0.1, 0.15) is 5.52 Å². The van der Waals surface area contributed by atoms with E-state index in [1.54, 1.807) is 0 Å². The minimum Gasteiger partial charge on any atom is -0.441 e. The van der Waals surface area contributed by atoms with Crippen LogP contribution >= 0.6 is 0 Å². The Kier molecular flexibility index (Phi) is 6.02. The third-order valence-corrected chi connectivity index (χ3v) is 3.26. The molecule has 0 saturated carbocycles. The summed E-state index contributed by atoms with van der Waals surface area (Å²) in [5, 5.41) is 3.54. The minimum atomic E-state index is 0.356. The number of rotatable bonds is 9. The number of hydrogen-bond acceptors (Lipinski definition) is 4. The van der Waals surface area contributed by atoms with Gasteiger partial charge in [0.05, 0.1) is 0 Å². The predicted molar refractivity (Wildman–Crippen MR) is 80.9 cm³/mol. The molecule has 0 bridgehead atoms. The Bertz CT molecular complexity index is 477. The van der Waals surface area contributed by atoms with Crippen LogP contribution in [-0.4, -0.2) is 30.8 Å². The molecule has 1 aromatic heterocycles. The summed E-state index contributed by atoms with van der Waals surface area (Å²) in [7, 11) is 0. The summed E-state index contributed by atoms with van der Waals surface area (Å²) in [4.78, 5) is 4.54. The van der Waals surface area contributed by atoms with Gasteiger partial charge < -0.3 is 14.5 Å². The molecular weight excluding hydrogens is 252 g/mol. The Morgan fingerprint density at radius 3 is 2.90 bits per heavy atom. The summed E-state index contributed by atoms with van der Waals surface area (Å²) < 4.78 is 11.2. The molecule has 20 heavy (non-hydrogen) atoms. The molecule has 0 radical (unpaired) electrons. The second-order valence-corrected chi connectivity index (χ2v) is 4.92. The average Bonchev–Trinajstić information content (AvgIpc) is 2.87. The Balaban J connectivity index is 1.97. The molecule has 0 fully saturated rings. The van der Waals surface area contributed by atoms with E-state index in [0.717, 1.165) is 56.0 Å².